The van der Waals surface area contributed by atoms with E-state index in [9.17, 15) is 0 Å². The van der Waals surface area contributed by atoms with Crippen molar-refractivity contribution in [2.75, 3.05) is 46.4 Å². The van der Waals surface area contributed by atoms with E-state index in [-0.39, 0.29) is 0 Å². The first kappa shape index (κ1) is 19.0. The highest BCUT2D eigenvalue weighted by atomic mass is 16.5. The Bertz CT molecular complexity index is 666. The lowest BCUT2D eigenvalue weighted by molar-refractivity contribution is 0.121. The number of hydrogen-bond acceptors (Lipinski definition) is 5. The average molecular weight is 354 g/mol. The van der Waals surface area contributed by atoms with Gasteiger partial charge in [-0.25, -0.2) is 9.97 Å². The normalized spacial score (nSPS) is 16.1. The number of methoxy groups -OCH3 is 1. The van der Waals surface area contributed by atoms with E-state index >= 15 is 0 Å². The molecule has 0 bridgehead atoms. The predicted octanol–water partition coefficient (Wildman–Crippen LogP) is 3.00. The molecule has 0 amide bonds. The first-order chi connectivity index (χ1) is 12.7. The van der Waals surface area contributed by atoms with E-state index in [1.165, 1.54) is 24.1 Å². The molecule has 1 saturated heterocycles. The minimum Gasteiger partial charge on any atom is -0.385 e. The van der Waals surface area contributed by atoms with Gasteiger partial charge in [0.25, 0.3) is 0 Å². The summed E-state index contributed by atoms with van der Waals surface area (Å²) in [5, 5.41) is 0. The molecule has 0 radical (unpaired) electrons. The van der Waals surface area contributed by atoms with Crippen molar-refractivity contribution < 1.29 is 4.74 Å². The molecule has 0 N–H and O–H groups in total. The van der Waals surface area contributed by atoms with Crippen LogP contribution in [0.4, 0.5) is 0 Å². The number of piperazine rings is 1. The Labute approximate surface area is 157 Å². The molecular weight excluding hydrogens is 324 g/mol. The van der Waals surface area contributed by atoms with E-state index in [0.29, 0.717) is 0 Å². The number of nitrogens with zero attached hydrogens (tertiary/aromatic N) is 4. The van der Waals surface area contributed by atoms with E-state index in [1.807, 2.05) is 12.4 Å². The van der Waals surface area contributed by atoms with Gasteiger partial charge in [-0.15, -0.1) is 0 Å². The van der Waals surface area contributed by atoms with Crippen molar-refractivity contribution in [1.82, 2.24) is 19.8 Å². The molecule has 0 spiro atoms. The summed E-state index contributed by atoms with van der Waals surface area (Å²) >= 11 is 0. The third-order valence-corrected chi connectivity index (χ3v) is 4.93. The first-order valence-electron chi connectivity index (χ1n) is 9.56. The van der Waals surface area contributed by atoms with Gasteiger partial charge in [0.1, 0.15) is 0 Å². The van der Waals surface area contributed by atoms with Crippen molar-refractivity contribution in [3.05, 3.63) is 47.8 Å². The molecule has 0 aliphatic carbocycles. The third kappa shape index (κ3) is 5.59. The molecule has 1 aliphatic rings. The standard InChI is InChI=1S/C21H30N4O/c1-18-6-5-7-20(14-18)21-22-15-19(16-23-21)17-25-11-9-24(10-12-25)8-3-4-13-26-2/h5-7,14-16H,3-4,8-13,17H2,1-2H3. The van der Waals surface area contributed by atoms with E-state index in [1.54, 1.807) is 7.11 Å². The third-order valence-electron chi connectivity index (χ3n) is 4.93. The fourth-order valence-electron chi connectivity index (χ4n) is 3.38. The summed E-state index contributed by atoms with van der Waals surface area (Å²) in [7, 11) is 1.77. The summed E-state index contributed by atoms with van der Waals surface area (Å²) in [4.78, 5) is 14.2. The van der Waals surface area contributed by atoms with E-state index in [0.717, 1.165) is 57.1 Å². The quantitative estimate of drug-likeness (QED) is 0.682. The van der Waals surface area contributed by atoms with Gasteiger partial charge in [0.05, 0.1) is 0 Å². The van der Waals surface area contributed by atoms with Crippen LogP contribution in [0, 0.1) is 6.92 Å². The Morgan fingerprint density at radius 1 is 1.00 bits per heavy atom. The first-order valence-corrected chi connectivity index (χ1v) is 9.56. The zero-order chi connectivity index (χ0) is 18.2. The number of aromatic nitrogens is 2. The van der Waals surface area contributed by atoms with Gasteiger partial charge < -0.3 is 9.64 Å². The second-order valence-corrected chi connectivity index (χ2v) is 7.10. The smallest absolute Gasteiger partial charge is 0.159 e. The highest BCUT2D eigenvalue weighted by Crippen LogP contribution is 2.16. The highest BCUT2D eigenvalue weighted by molar-refractivity contribution is 5.55. The lowest BCUT2D eigenvalue weighted by Gasteiger charge is -2.34. The van der Waals surface area contributed by atoms with Crippen LogP contribution in [0.1, 0.15) is 24.0 Å². The number of rotatable bonds is 8. The zero-order valence-electron chi connectivity index (χ0n) is 16.0. The summed E-state index contributed by atoms with van der Waals surface area (Å²) in [6.07, 6.45) is 6.33. The molecule has 1 aromatic carbocycles. The van der Waals surface area contributed by atoms with Crippen LogP contribution < -0.4 is 0 Å². The van der Waals surface area contributed by atoms with Crippen LogP contribution in [0.25, 0.3) is 11.4 Å². The number of hydrogen-bond donors (Lipinski definition) is 0. The molecule has 5 heteroatoms. The van der Waals surface area contributed by atoms with Gasteiger partial charge in [0.15, 0.2) is 5.82 Å². The van der Waals surface area contributed by atoms with Crippen molar-refractivity contribution in [3.8, 4) is 11.4 Å². The van der Waals surface area contributed by atoms with Crippen molar-refractivity contribution in [2.45, 2.75) is 26.3 Å². The molecule has 0 saturated carbocycles. The monoisotopic (exact) mass is 354 g/mol. The van der Waals surface area contributed by atoms with Crippen LogP contribution in [-0.4, -0.2) is 66.2 Å². The molecule has 1 fully saturated rings. The molecule has 5 nitrogen and oxygen atoms in total. The van der Waals surface area contributed by atoms with Gasteiger partial charge in [-0.05, 0) is 32.4 Å². The largest absolute Gasteiger partial charge is 0.385 e. The Balaban J connectivity index is 1.45. The fraction of sp³-hybridized carbons (Fsp3) is 0.524. The number of benzene rings is 1. The maximum absolute atomic E-state index is 5.12. The molecule has 1 aromatic heterocycles. The van der Waals surface area contributed by atoms with Crippen LogP contribution >= 0.6 is 0 Å². The predicted molar refractivity (Wildman–Crippen MR) is 105 cm³/mol. The molecule has 140 valence electrons. The van der Waals surface area contributed by atoms with Gasteiger partial charge in [0.2, 0.25) is 0 Å². The summed E-state index contributed by atoms with van der Waals surface area (Å²) in [6.45, 7) is 9.61. The van der Waals surface area contributed by atoms with Crippen molar-refractivity contribution in [1.29, 1.82) is 0 Å². The second kappa shape index (κ2) is 9.76. The molecule has 2 aromatic rings. The fourth-order valence-corrected chi connectivity index (χ4v) is 3.38. The topological polar surface area (TPSA) is 41.5 Å². The Kier molecular flexibility index (Phi) is 7.12. The molecule has 0 atom stereocenters. The Morgan fingerprint density at radius 3 is 2.42 bits per heavy atom. The van der Waals surface area contributed by atoms with Crippen LogP contribution in [0.5, 0.6) is 0 Å². The number of unbranched alkanes of at least 4 members (excludes halogenated alkanes) is 1. The molecule has 3 rings (SSSR count). The van der Waals surface area contributed by atoms with Gasteiger partial charge in [0, 0.05) is 70.0 Å². The van der Waals surface area contributed by atoms with Gasteiger partial charge in [-0.1, -0.05) is 23.8 Å². The molecule has 1 aliphatic heterocycles. The lowest BCUT2D eigenvalue weighted by atomic mass is 10.1. The Morgan fingerprint density at radius 2 is 1.73 bits per heavy atom. The number of ether oxygens (including phenoxy) is 1. The van der Waals surface area contributed by atoms with Gasteiger partial charge >= 0.3 is 0 Å². The van der Waals surface area contributed by atoms with Crippen molar-refractivity contribution >= 4 is 0 Å². The summed E-state index contributed by atoms with van der Waals surface area (Å²) in [6, 6.07) is 8.33. The summed E-state index contributed by atoms with van der Waals surface area (Å²) < 4.78 is 5.12. The van der Waals surface area contributed by atoms with E-state index < -0.39 is 0 Å². The molecular formula is C21H30N4O. The maximum Gasteiger partial charge on any atom is 0.159 e. The average Bonchev–Trinajstić information content (AvgIpc) is 2.67. The highest BCUT2D eigenvalue weighted by Gasteiger charge is 2.16. The molecule has 0 unspecified atom stereocenters. The molecule has 2 heterocycles. The lowest BCUT2D eigenvalue weighted by Crippen LogP contribution is -2.46. The van der Waals surface area contributed by atoms with Crippen LogP contribution in [0.3, 0.4) is 0 Å². The summed E-state index contributed by atoms with van der Waals surface area (Å²) in [5.74, 6) is 0.804. The minimum atomic E-state index is 0.804. The minimum absolute atomic E-state index is 0.804. The van der Waals surface area contributed by atoms with Crippen molar-refractivity contribution in [2.24, 2.45) is 0 Å². The van der Waals surface area contributed by atoms with Crippen LogP contribution in [0.2, 0.25) is 0 Å². The zero-order valence-corrected chi connectivity index (χ0v) is 16.0. The SMILES string of the molecule is COCCCCN1CCN(Cc2cnc(-c3cccc(C)c3)nc2)CC1. The number of aryl methyl sites for hydroxylation is 1. The van der Waals surface area contributed by atoms with Gasteiger partial charge in [-0.2, -0.15) is 0 Å². The van der Waals surface area contributed by atoms with Crippen LogP contribution in [0.15, 0.2) is 36.7 Å². The van der Waals surface area contributed by atoms with E-state index in [2.05, 4.69) is 51.0 Å². The van der Waals surface area contributed by atoms with Crippen molar-refractivity contribution in [3.63, 3.8) is 0 Å². The summed E-state index contributed by atoms with van der Waals surface area (Å²) in [5.41, 5.74) is 3.50. The Hall–Kier alpha value is -1.82. The van der Waals surface area contributed by atoms with Gasteiger partial charge in [-0.3, -0.25) is 4.90 Å². The maximum atomic E-state index is 5.12. The van der Waals surface area contributed by atoms with Crippen LogP contribution in [-0.2, 0) is 11.3 Å². The van der Waals surface area contributed by atoms with E-state index in [4.69, 9.17) is 4.74 Å². The molecule has 26 heavy (non-hydrogen) atoms. The second-order valence-electron chi connectivity index (χ2n) is 7.10.